The van der Waals surface area contributed by atoms with E-state index in [1.165, 1.54) is 180 Å². The Labute approximate surface area is 470 Å². The van der Waals surface area contributed by atoms with E-state index >= 15 is 0 Å². The van der Waals surface area contributed by atoms with Gasteiger partial charge in [0.25, 0.3) is 0 Å². The SMILES string of the molecule is Nc1cc(C2CCCCC2)c2ccc3c(N(c4ccc(C5(c6ccccc6)c6ccccc6-c6ccccc65)cc4)c4ccc(C5(c6ccccc6)c6ccccc6-c6ccccc65)cc4)cc(C4CCCCC4)c4ccc1c2c43. The Morgan fingerprint density at radius 2 is 0.650 bits per heavy atom. The van der Waals surface area contributed by atoms with Crippen LogP contribution < -0.4 is 10.6 Å². The van der Waals surface area contributed by atoms with Crippen molar-refractivity contribution in [3.63, 3.8) is 0 Å². The first-order valence-corrected chi connectivity index (χ1v) is 29.7. The van der Waals surface area contributed by atoms with Gasteiger partial charge in [-0.15, -0.1) is 0 Å². The van der Waals surface area contributed by atoms with Crippen molar-refractivity contribution in [1.82, 2.24) is 0 Å². The number of rotatable bonds is 9. The Bertz CT molecular complexity index is 4040. The van der Waals surface area contributed by atoms with Crippen molar-refractivity contribution >= 4 is 55.1 Å². The molecule has 0 radical (unpaired) electrons. The summed E-state index contributed by atoms with van der Waals surface area (Å²) in [6.07, 6.45) is 12.6. The molecule has 0 aliphatic heterocycles. The molecule has 0 bridgehead atoms. The molecule has 2 N–H and O–H groups in total. The molecule has 0 saturated heterocycles. The van der Waals surface area contributed by atoms with E-state index < -0.39 is 10.8 Å². The molecule has 80 heavy (non-hydrogen) atoms. The van der Waals surface area contributed by atoms with Gasteiger partial charge in [0.1, 0.15) is 0 Å². The second kappa shape index (κ2) is 18.7. The highest BCUT2D eigenvalue weighted by atomic mass is 15.1. The zero-order valence-electron chi connectivity index (χ0n) is 45.3. The number of nitrogens with two attached hydrogens (primary N) is 1. The lowest BCUT2D eigenvalue weighted by molar-refractivity contribution is 0.445. The maximum Gasteiger partial charge on any atom is 0.0713 e. The summed E-state index contributed by atoms with van der Waals surface area (Å²) < 4.78 is 0. The molecule has 0 amide bonds. The lowest BCUT2D eigenvalue weighted by Gasteiger charge is -2.36. The highest BCUT2D eigenvalue weighted by Gasteiger charge is 2.47. The van der Waals surface area contributed by atoms with Gasteiger partial charge in [-0.1, -0.05) is 245 Å². The van der Waals surface area contributed by atoms with Gasteiger partial charge in [-0.2, -0.15) is 0 Å². The van der Waals surface area contributed by atoms with Crippen LogP contribution in [-0.4, -0.2) is 0 Å². The van der Waals surface area contributed by atoms with Gasteiger partial charge < -0.3 is 10.6 Å². The highest BCUT2D eigenvalue weighted by Crippen LogP contribution is 2.59. The summed E-state index contributed by atoms with van der Waals surface area (Å²) in [6.45, 7) is 0. The van der Waals surface area contributed by atoms with E-state index in [4.69, 9.17) is 5.73 Å². The molecule has 2 saturated carbocycles. The van der Waals surface area contributed by atoms with Gasteiger partial charge in [0.15, 0.2) is 0 Å². The standard InChI is InChI=1S/C78H64N2/c79-73-49-67(51-21-5-1-6-22-51)63-46-48-66-74(50-68(52-23-7-2-8-24-52)64-45-47-65(73)75(63)76(64)66)80(57-41-37-55(38-42-57)77(53-25-9-3-10-26-53)69-33-17-13-29-59(69)60-30-14-18-34-70(60)77)58-43-39-56(40-44-58)78(54-27-11-4-12-28-54)71-35-19-15-31-61(71)62-32-16-20-36-72(62)78/h3-4,9-20,25-52H,1-2,5-8,21-24,79H2. The molecule has 12 aromatic carbocycles. The van der Waals surface area contributed by atoms with E-state index in [2.05, 4.69) is 248 Å². The van der Waals surface area contributed by atoms with Crippen LogP contribution in [0, 0.1) is 0 Å². The van der Waals surface area contributed by atoms with Crippen molar-refractivity contribution in [2.75, 3.05) is 10.6 Å². The van der Waals surface area contributed by atoms with Gasteiger partial charge in [0.05, 0.1) is 16.5 Å². The van der Waals surface area contributed by atoms with Gasteiger partial charge in [0, 0.05) is 27.8 Å². The molecule has 0 aromatic heterocycles. The average Bonchev–Trinajstić information content (AvgIpc) is 4.20. The normalized spacial score (nSPS) is 16.4. The van der Waals surface area contributed by atoms with Crippen molar-refractivity contribution < 1.29 is 0 Å². The molecule has 16 rings (SSSR count). The predicted octanol–water partition coefficient (Wildman–Crippen LogP) is 20.5. The van der Waals surface area contributed by atoms with Crippen molar-refractivity contribution in [3.05, 3.63) is 298 Å². The summed E-state index contributed by atoms with van der Waals surface area (Å²) >= 11 is 0. The lowest BCUT2D eigenvalue weighted by Crippen LogP contribution is -2.28. The molecule has 0 atom stereocenters. The van der Waals surface area contributed by atoms with Gasteiger partial charge in [-0.05, 0) is 173 Å². The van der Waals surface area contributed by atoms with Gasteiger partial charge >= 0.3 is 0 Å². The third kappa shape index (κ3) is 6.84. The number of benzene rings is 12. The van der Waals surface area contributed by atoms with Crippen LogP contribution in [0.5, 0.6) is 0 Å². The molecule has 4 aliphatic carbocycles. The molecule has 2 fully saturated rings. The van der Waals surface area contributed by atoms with Crippen molar-refractivity contribution in [2.45, 2.75) is 86.9 Å². The fraction of sp³-hybridized carbons (Fsp3) is 0.179. The minimum atomic E-state index is -0.504. The van der Waals surface area contributed by atoms with Crippen LogP contribution in [0.1, 0.15) is 132 Å². The Morgan fingerprint density at radius 1 is 0.312 bits per heavy atom. The van der Waals surface area contributed by atoms with E-state index in [0.29, 0.717) is 11.8 Å². The van der Waals surface area contributed by atoms with Crippen LogP contribution in [0.15, 0.2) is 243 Å². The smallest absolute Gasteiger partial charge is 0.0713 e. The Balaban J connectivity index is 0.956. The molecular formula is C78H64N2. The maximum absolute atomic E-state index is 7.28. The first-order valence-electron chi connectivity index (χ1n) is 29.7. The van der Waals surface area contributed by atoms with Gasteiger partial charge in [-0.25, -0.2) is 0 Å². The average molecular weight is 1030 g/mol. The van der Waals surface area contributed by atoms with E-state index in [1.807, 2.05) is 0 Å². The minimum Gasteiger partial charge on any atom is -0.398 e. The quantitative estimate of drug-likeness (QED) is 0.115. The van der Waals surface area contributed by atoms with Crippen LogP contribution in [0.4, 0.5) is 22.7 Å². The lowest BCUT2D eigenvalue weighted by atomic mass is 9.67. The fourth-order valence-corrected chi connectivity index (χ4v) is 16.3. The summed E-state index contributed by atoms with van der Waals surface area (Å²) in [6, 6.07) is 92.9. The topological polar surface area (TPSA) is 29.3 Å². The number of nitrogen functional groups attached to an aromatic ring is 1. The van der Waals surface area contributed by atoms with Crippen LogP contribution >= 0.6 is 0 Å². The number of nitrogens with zero attached hydrogens (tertiary/aromatic N) is 1. The zero-order valence-corrected chi connectivity index (χ0v) is 45.3. The monoisotopic (exact) mass is 1030 g/mol. The Morgan fingerprint density at radius 3 is 1.07 bits per heavy atom. The van der Waals surface area contributed by atoms with E-state index in [0.717, 1.165) is 17.1 Å². The molecule has 0 heterocycles. The molecule has 386 valence electrons. The summed E-state index contributed by atoms with van der Waals surface area (Å²) in [7, 11) is 0. The molecule has 0 spiro atoms. The largest absolute Gasteiger partial charge is 0.398 e. The fourth-order valence-electron chi connectivity index (χ4n) is 16.3. The molecular weight excluding hydrogens is 965 g/mol. The Kier molecular flexibility index (Phi) is 11.1. The zero-order chi connectivity index (χ0) is 52.9. The van der Waals surface area contributed by atoms with Crippen LogP contribution in [-0.2, 0) is 10.8 Å². The Hall–Kier alpha value is -8.72. The van der Waals surface area contributed by atoms with Crippen LogP contribution in [0.25, 0.3) is 54.6 Å². The molecule has 4 aliphatic rings. The van der Waals surface area contributed by atoms with Gasteiger partial charge in [0.2, 0.25) is 0 Å². The first kappa shape index (κ1) is 47.3. The van der Waals surface area contributed by atoms with E-state index in [-0.39, 0.29) is 0 Å². The van der Waals surface area contributed by atoms with Crippen molar-refractivity contribution in [2.24, 2.45) is 0 Å². The second-order valence-corrected chi connectivity index (χ2v) is 23.6. The predicted molar refractivity (Wildman–Crippen MR) is 336 cm³/mol. The second-order valence-electron chi connectivity index (χ2n) is 23.6. The number of hydrogen-bond donors (Lipinski definition) is 1. The first-order chi connectivity index (χ1) is 39.6. The maximum atomic E-state index is 7.28. The molecule has 0 unspecified atom stereocenters. The van der Waals surface area contributed by atoms with E-state index in [1.54, 1.807) is 0 Å². The van der Waals surface area contributed by atoms with Gasteiger partial charge in [-0.3, -0.25) is 0 Å². The third-order valence-electron chi connectivity index (χ3n) is 19.7. The highest BCUT2D eigenvalue weighted by molar-refractivity contribution is 6.29. The molecule has 12 aromatic rings. The number of anilines is 4. The van der Waals surface area contributed by atoms with Crippen molar-refractivity contribution in [1.29, 1.82) is 0 Å². The van der Waals surface area contributed by atoms with E-state index in [9.17, 15) is 0 Å². The number of fused-ring (bicyclic) bond motifs is 6. The summed E-state index contributed by atoms with van der Waals surface area (Å²) in [4.78, 5) is 2.61. The summed E-state index contributed by atoms with van der Waals surface area (Å²) in [5, 5.41) is 7.94. The third-order valence-corrected chi connectivity index (χ3v) is 19.7. The molecule has 2 heteroatoms. The van der Waals surface area contributed by atoms with Crippen molar-refractivity contribution in [3.8, 4) is 22.3 Å². The molecule has 2 nitrogen and oxygen atoms in total. The summed E-state index contributed by atoms with van der Waals surface area (Å²) in [5.41, 5.74) is 29.1. The number of hydrogen-bond acceptors (Lipinski definition) is 2. The van der Waals surface area contributed by atoms with Crippen LogP contribution in [0.3, 0.4) is 0 Å². The van der Waals surface area contributed by atoms with Crippen LogP contribution in [0.2, 0.25) is 0 Å². The summed E-state index contributed by atoms with van der Waals surface area (Å²) in [5.74, 6) is 0.993. The minimum absolute atomic E-state index is 0.468.